The molecule has 2 bridgehead atoms. The number of fused-ring (bicyclic) bond motifs is 6. The summed E-state index contributed by atoms with van der Waals surface area (Å²) in [5, 5.41) is 2.27. The Labute approximate surface area is 196 Å². The van der Waals surface area contributed by atoms with E-state index in [2.05, 4.69) is 44.0 Å². The highest BCUT2D eigenvalue weighted by molar-refractivity contribution is 9.12. The van der Waals surface area contributed by atoms with Crippen LogP contribution in [0, 0.1) is 23.7 Å². The van der Waals surface area contributed by atoms with Crippen molar-refractivity contribution in [2.24, 2.45) is 23.7 Å². The molecule has 4 nitrogen and oxygen atoms in total. The molecule has 3 aromatic carbocycles. The van der Waals surface area contributed by atoms with E-state index < -0.39 is 0 Å². The van der Waals surface area contributed by atoms with Gasteiger partial charge < -0.3 is 4.74 Å². The molecule has 0 spiro atoms. The molecule has 0 N–H and O–H groups in total. The normalized spacial score (nSPS) is 31.5. The second-order valence-electron chi connectivity index (χ2n) is 8.62. The van der Waals surface area contributed by atoms with Crippen molar-refractivity contribution >= 4 is 60.1 Å². The standard InChI is InChI=1S/C25H19Br2NO3/c26-22-18-12-19(23(22)27)21-20(18)24(29)28(25(21)30)15-6-9-16(10-7-15)31-17-8-5-13-3-1-2-4-14(13)11-17/h1-11,18-23H,12H2/t18-,19-,20-,21+,22+,23+/m1/s1. The lowest BCUT2D eigenvalue weighted by molar-refractivity contribution is -0.123. The number of ether oxygens (including phenoxy) is 1. The largest absolute Gasteiger partial charge is 0.457 e. The lowest BCUT2D eigenvalue weighted by atomic mass is 9.81. The van der Waals surface area contributed by atoms with Gasteiger partial charge in [0.1, 0.15) is 11.5 Å². The highest BCUT2D eigenvalue weighted by Gasteiger charge is 2.66. The van der Waals surface area contributed by atoms with E-state index >= 15 is 0 Å². The first-order chi connectivity index (χ1) is 15.0. The van der Waals surface area contributed by atoms with Gasteiger partial charge in [-0.2, -0.15) is 0 Å². The minimum absolute atomic E-state index is 0.0606. The maximum atomic E-state index is 13.2. The Balaban J connectivity index is 1.24. The number of anilines is 1. The van der Waals surface area contributed by atoms with Crippen LogP contribution in [-0.2, 0) is 9.59 Å². The molecule has 2 aliphatic carbocycles. The van der Waals surface area contributed by atoms with E-state index in [1.807, 2.05) is 42.5 Å². The Morgan fingerprint density at radius 3 is 1.97 bits per heavy atom. The van der Waals surface area contributed by atoms with Crippen LogP contribution in [0.25, 0.3) is 10.8 Å². The number of imide groups is 1. The Morgan fingerprint density at radius 2 is 1.32 bits per heavy atom. The van der Waals surface area contributed by atoms with Crippen LogP contribution < -0.4 is 9.64 Å². The third kappa shape index (κ3) is 2.91. The number of hydrogen-bond donors (Lipinski definition) is 0. The Kier molecular flexibility index (Phi) is 4.51. The van der Waals surface area contributed by atoms with Gasteiger partial charge in [-0.25, -0.2) is 0 Å². The zero-order valence-electron chi connectivity index (χ0n) is 16.4. The Morgan fingerprint density at radius 1 is 0.742 bits per heavy atom. The average molecular weight is 541 g/mol. The maximum absolute atomic E-state index is 13.2. The summed E-state index contributed by atoms with van der Waals surface area (Å²) in [7, 11) is 0. The molecule has 1 aliphatic heterocycles. The van der Waals surface area contributed by atoms with Crippen molar-refractivity contribution in [2.45, 2.75) is 16.1 Å². The number of amides is 2. The summed E-state index contributed by atoms with van der Waals surface area (Å²) in [6.07, 6.45) is 0.936. The maximum Gasteiger partial charge on any atom is 0.238 e. The van der Waals surface area contributed by atoms with Crippen LogP contribution in [0.2, 0.25) is 0 Å². The van der Waals surface area contributed by atoms with Crippen LogP contribution in [0.1, 0.15) is 6.42 Å². The fourth-order valence-electron chi connectivity index (χ4n) is 5.63. The number of carbonyl (C=O) groups excluding carboxylic acids is 2. The van der Waals surface area contributed by atoms with Gasteiger partial charge in [0.2, 0.25) is 11.8 Å². The number of halogens is 2. The molecular weight excluding hydrogens is 522 g/mol. The van der Waals surface area contributed by atoms with E-state index in [0.29, 0.717) is 11.4 Å². The van der Waals surface area contributed by atoms with Gasteiger partial charge in [0.05, 0.1) is 17.5 Å². The number of nitrogens with zero attached hydrogens (tertiary/aromatic N) is 1. The minimum Gasteiger partial charge on any atom is -0.457 e. The third-order valence-electron chi connectivity index (χ3n) is 7.04. The van der Waals surface area contributed by atoms with Crippen molar-refractivity contribution in [1.29, 1.82) is 0 Å². The van der Waals surface area contributed by atoms with E-state index in [-0.39, 0.29) is 45.1 Å². The number of rotatable bonds is 3. The van der Waals surface area contributed by atoms with Crippen molar-refractivity contribution in [1.82, 2.24) is 0 Å². The summed E-state index contributed by atoms with van der Waals surface area (Å²) in [5.74, 6) is 1.32. The Bertz CT molecular complexity index is 1180. The molecule has 2 saturated carbocycles. The zero-order valence-corrected chi connectivity index (χ0v) is 19.6. The second-order valence-corrected chi connectivity index (χ2v) is 10.7. The summed E-state index contributed by atoms with van der Waals surface area (Å²) in [5.41, 5.74) is 0.618. The van der Waals surface area contributed by atoms with Crippen molar-refractivity contribution in [3.8, 4) is 11.5 Å². The first-order valence-corrected chi connectivity index (χ1v) is 12.3. The van der Waals surface area contributed by atoms with Gasteiger partial charge in [0, 0.05) is 9.65 Å². The molecule has 3 aromatic rings. The van der Waals surface area contributed by atoms with Gasteiger partial charge in [0.15, 0.2) is 0 Å². The average Bonchev–Trinajstić information content (AvgIpc) is 3.39. The fraction of sp³-hybridized carbons (Fsp3) is 0.280. The predicted octanol–water partition coefficient (Wildman–Crippen LogP) is 5.91. The molecular formula is C25H19Br2NO3. The smallest absolute Gasteiger partial charge is 0.238 e. The summed E-state index contributed by atoms with van der Waals surface area (Å²) in [6, 6.07) is 21.3. The molecule has 6 rings (SSSR count). The first kappa shape index (κ1) is 19.5. The molecule has 0 radical (unpaired) electrons. The first-order valence-electron chi connectivity index (χ1n) is 10.5. The predicted molar refractivity (Wildman–Crippen MR) is 127 cm³/mol. The molecule has 6 heteroatoms. The Hall–Kier alpha value is -2.18. The van der Waals surface area contributed by atoms with Crippen LogP contribution in [-0.4, -0.2) is 21.5 Å². The number of alkyl halides is 2. The van der Waals surface area contributed by atoms with E-state index in [0.717, 1.165) is 22.9 Å². The van der Waals surface area contributed by atoms with Crippen LogP contribution in [0.3, 0.4) is 0 Å². The second kappa shape index (κ2) is 7.17. The van der Waals surface area contributed by atoms with E-state index in [4.69, 9.17) is 4.74 Å². The molecule has 0 unspecified atom stereocenters. The minimum atomic E-state index is -0.204. The summed E-state index contributed by atoms with van der Waals surface area (Å²) in [4.78, 5) is 28.2. The van der Waals surface area contributed by atoms with E-state index in [9.17, 15) is 9.59 Å². The van der Waals surface area contributed by atoms with E-state index in [1.54, 1.807) is 12.1 Å². The van der Waals surface area contributed by atoms with Gasteiger partial charge in [-0.3, -0.25) is 14.5 Å². The molecule has 3 fully saturated rings. The summed E-state index contributed by atoms with van der Waals surface area (Å²) in [6.45, 7) is 0. The van der Waals surface area contributed by atoms with Gasteiger partial charge in [-0.1, -0.05) is 62.2 Å². The van der Waals surface area contributed by atoms with Crippen molar-refractivity contribution < 1.29 is 14.3 Å². The fourth-order valence-corrected chi connectivity index (χ4v) is 7.51. The van der Waals surface area contributed by atoms with Crippen LogP contribution in [0.5, 0.6) is 11.5 Å². The molecule has 3 aliphatic rings. The van der Waals surface area contributed by atoms with Crippen LogP contribution >= 0.6 is 31.9 Å². The highest BCUT2D eigenvalue weighted by atomic mass is 79.9. The highest BCUT2D eigenvalue weighted by Crippen LogP contribution is 2.60. The number of carbonyl (C=O) groups is 2. The monoisotopic (exact) mass is 539 g/mol. The molecule has 156 valence electrons. The van der Waals surface area contributed by atoms with Crippen LogP contribution in [0.15, 0.2) is 66.7 Å². The van der Waals surface area contributed by atoms with Gasteiger partial charge in [-0.15, -0.1) is 0 Å². The lowest BCUT2D eigenvalue weighted by Crippen LogP contribution is -2.37. The SMILES string of the molecule is O=C1[C@@H]2[C@H]3C[C@@H]([C@H](Br)[C@H]3Br)[C@@H]2C(=O)N1c1ccc(Oc2ccc3ccccc3c2)cc1. The van der Waals surface area contributed by atoms with Crippen LogP contribution in [0.4, 0.5) is 5.69 Å². The van der Waals surface area contributed by atoms with Crippen molar-refractivity contribution in [3.05, 3.63) is 66.7 Å². The van der Waals surface area contributed by atoms with Gasteiger partial charge in [-0.05, 0) is 65.4 Å². The summed E-state index contributed by atoms with van der Waals surface area (Å²) < 4.78 is 6.00. The van der Waals surface area contributed by atoms with E-state index in [1.165, 1.54) is 4.90 Å². The zero-order chi connectivity index (χ0) is 21.3. The van der Waals surface area contributed by atoms with Gasteiger partial charge >= 0.3 is 0 Å². The van der Waals surface area contributed by atoms with Crippen molar-refractivity contribution in [3.63, 3.8) is 0 Å². The summed E-state index contributed by atoms with van der Waals surface area (Å²) >= 11 is 7.46. The lowest BCUT2D eigenvalue weighted by Gasteiger charge is -2.28. The third-order valence-corrected chi connectivity index (χ3v) is 10.2. The topological polar surface area (TPSA) is 46.6 Å². The quantitative estimate of drug-likeness (QED) is 0.306. The number of benzene rings is 3. The molecule has 1 saturated heterocycles. The molecule has 1 heterocycles. The van der Waals surface area contributed by atoms with Crippen molar-refractivity contribution in [2.75, 3.05) is 4.90 Å². The number of hydrogen-bond acceptors (Lipinski definition) is 3. The molecule has 31 heavy (non-hydrogen) atoms. The molecule has 0 aromatic heterocycles. The molecule has 6 atom stereocenters. The van der Waals surface area contributed by atoms with Gasteiger partial charge in [0.25, 0.3) is 0 Å². The molecule has 2 amide bonds.